The molecule has 10 N–H and O–H groups in total. The first kappa shape index (κ1) is 25.6. The van der Waals surface area contributed by atoms with Crippen LogP contribution >= 0.6 is 12.2 Å². The largest absolute Gasteiger partial charge is 0.508 e. The summed E-state index contributed by atoms with van der Waals surface area (Å²) in [6, 6.07) is 1.59. The number of benzene rings is 1. The number of rotatable bonds is 3. The summed E-state index contributed by atoms with van der Waals surface area (Å²) in [6.07, 6.45) is -1.66. The van der Waals surface area contributed by atoms with Crippen molar-refractivity contribution < 1.29 is 39.9 Å². The number of nitrogens with two attached hydrogens (primary N) is 2. The minimum absolute atomic E-state index is 0.0362. The van der Waals surface area contributed by atoms with E-state index in [0.717, 1.165) is 0 Å². The maximum absolute atomic E-state index is 13.9. The highest BCUT2D eigenvalue weighted by molar-refractivity contribution is 7.80. The Hall–Kier alpha value is -3.52. The Morgan fingerprint density at radius 1 is 1.17 bits per heavy atom. The second kappa shape index (κ2) is 8.27. The fraction of sp³-hybridized carbons (Fsp3) is 0.391. The summed E-state index contributed by atoms with van der Waals surface area (Å²) in [6.45, 7) is 1.64. The lowest BCUT2D eigenvalue weighted by Gasteiger charge is -2.53. The third kappa shape index (κ3) is 3.17. The number of aliphatic hydroxyl groups excluding tert-OH is 3. The third-order valence-electron chi connectivity index (χ3n) is 7.39. The van der Waals surface area contributed by atoms with E-state index in [0.29, 0.717) is 5.56 Å². The van der Waals surface area contributed by atoms with Gasteiger partial charge in [-0.25, -0.2) is 0 Å². The van der Waals surface area contributed by atoms with Crippen molar-refractivity contribution in [2.75, 3.05) is 19.4 Å². The van der Waals surface area contributed by atoms with E-state index in [1.165, 1.54) is 25.1 Å². The van der Waals surface area contributed by atoms with Gasteiger partial charge in [-0.05, 0) is 43.9 Å². The van der Waals surface area contributed by atoms with Crippen LogP contribution in [0.3, 0.4) is 0 Å². The minimum Gasteiger partial charge on any atom is -0.508 e. The zero-order valence-corrected chi connectivity index (χ0v) is 20.3. The molecule has 3 aliphatic carbocycles. The van der Waals surface area contributed by atoms with Crippen LogP contribution in [0.5, 0.6) is 5.75 Å². The van der Waals surface area contributed by atoms with E-state index in [1.807, 2.05) is 0 Å². The Balaban J connectivity index is 2.04. The lowest BCUT2D eigenvalue weighted by atomic mass is 9.54. The van der Waals surface area contributed by atoms with E-state index in [9.17, 15) is 39.9 Å². The summed E-state index contributed by atoms with van der Waals surface area (Å²) in [5, 5.41) is 58.5. The topological polar surface area (TPSA) is 220 Å². The molecule has 1 amide bonds. The second-order valence-corrected chi connectivity index (χ2v) is 9.90. The van der Waals surface area contributed by atoms with Gasteiger partial charge in [-0.1, -0.05) is 13.0 Å². The van der Waals surface area contributed by atoms with Crippen LogP contribution in [0.1, 0.15) is 24.0 Å². The molecule has 0 bridgehead atoms. The number of carbonyl (C=O) groups excluding carboxylic acids is 3. The van der Waals surface area contributed by atoms with Crippen LogP contribution in [-0.4, -0.2) is 84.9 Å². The predicted octanol–water partition coefficient (Wildman–Crippen LogP) is -0.849. The maximum Gasteiger partial charge on any atom is 0.255 e. The molecule has 1 aromatic carbocycles. The lowest BCUT2D eigenvalue weighted by Crippen LogP contribution is -2.70. The number of ketones is 2. The average Bonchev–Trinajstić information content (AvgIpc) is 2.77. The van der Waals surface area contributed by atoms with Crippen molar-refractivity contribution in [3.05, 3.63) is 40.2 Å². The highest BCUT2D eigenvalue weighted by atomic mass is 32.1. The molecule has 13 heteroatoms. The number of carbonyl (C=O) groups is 3. The summed E-state index contributed by atoms with van der Waals surface area (Å²) in [4.78, 5) is 40.3. The number of hydrogen-bond donors (Lipinski definition) is 8. The molecular weight excluding hydrogens is 492 g/mol. The van der Waals surface area contributed by atoms with Gasteiger partial charge in [0.1, 0.15) is 22.8 Å². The zero-order valence-electron chi connectivity index (χ0n) is 19.5. The number of aliphatic hydroxyl groups is 4. The van der Waals surface area contributed by atoms with Crippen LogP contribution in [-0.2, 0) is 14.4 Å². The number of Topliss-reactive ketones (excluding diaryl/α,β-unsaturated/α-hetero) is 2. The molecule has 12 nitrogen and oxygen atoms in total. The number of amides is 1. The smallest absolute Gasteiger partial charge is 0.255 e. The Kier molecular flexibility index (Phi) is 5.87. The Morgan fingerprint density at radius 3 is 2.31 bits per heavy atom. The minimum atomic E-state index is -2.96. The van der Waals surface area contributed by atoms with Gasteiger partial charge in [0.25, 0.3) is 5.91 Å². The van der Waals surface area contributed by atoms with Gasteiger partial charge in [-0.2, -0.15) is 0 Å². The molecule has 0 radical (unpaired) electrons. The Labute approximate surface area is 210 Å². The first-order valence-electron chi connectivity index (χ1n) is 10.9. The summed E-state index contributed by atoms with van der Waals surface area (Å²) >= 11 is 4.80. The van der Waals surface area contributed by atoms with E-state index >= 15 is 0 Å². The molecule has 4 rings (SSSR count). The summed E-state index contributed by atoms with van der Waals surface area (Å²) in [5.41, 5.74) is 6.60. The molecule has 3 unspecified atom stereocenters. The zero-order chi connectivity index (χ0) is 27.0. The molecule has 1 aromatic rings. The predicted molar refractivity (Wildman–Crippen MR) is 131 cm³/mol. The first-order valence-corrected chi connectivity index (χ1v) is 11.3. The molecule has 3 aliphatic rings. The van der Waals surface area contributed by atoms with Crippen LogP contribution in [0, 0.1) is 11.8 Å². The molecule has 1 saturated carbocycles. The van der Waals surface area contributed by atoms with Gasteiger partial charge in [-0.15, -0.1) is 0 Å². The Morgan fingerprint density at radius 2 is 1.78 bits per heavy atom. The number of hydrogen-bond acceptors (Lipinski definition) is 10. The van der Waals surface area contributed by atoms with E-state index in [4.69, 9.17) is 23.7 Å². The molecule has 6 atom stereocenters. The van der Waals surface area contributed by atoms with Crippen LogP contribution in [0.25, 0.3) is 5.76 Å². The van der Waals surface area contributed by atoms with Gasteiger partial charge in [0.05, 0.1) is 29.3 Å². The first-order chi connectivity index (χ1) is 16.7. The number of anilines is 1. The van der Waals surface area contributed by atoms with Crippen molar-refractivity contribution in [2.24, 2.45) is 23.3 Å². The van der Waals surface area contributed by atoms with Gasteiger partial charge in [-0.3, -0.25) is 19.3 Å². The third-order valence-corrected chi connectivity index (χ3v) is 7.49. The molecule has 36 heavy (non-hydrogen) atoms. The van der Waals surface area contributed by atoms with Gasteiger partial charge in [0.2, 0.25) is 5.78 Å². The number of thiocarbonyl (C=S) groups is 1. The monoisotopic (exact) mass is 518 g/mol. The number of nitrogens with zero attached hydrogens (tertiary/aromatic N) is 1. The highest BCUT2D eigenvalue weighted by Crippen LogP contribution is 2.56. The van der Waals surface area contributed by atoms with Crippen molar-refractivity contribution in [1.29, 1.82) is 0 Å². The molecule has 0 spiro atoms. The highest BCUT2D eigenvalue weighted by Gasteiger charge is 2.68. The standard InChI is InChI=1S/C23H26N4O8S/c1-6-7-4-5-8(26-22(25)36)15(28)10(7)16(29)11-9(6)17(30)13-14(27(2)3)18(31)12(21(24)34)20(33)23(13,35)19(11)32/h4-6,9,13-14,17,28-30,33,35H,1-3H3,(H2,24,34)(H3,25,26,36)/t6-,9?,13?,14-,17?,23-/m0/s1. The van der Waals surface area contributed by atoms with Crippen LogP contribution in [0.4, 0.5) is 5.69 Å². The fourth-order valence-corrected chi connectivity index (χ4v) is 5.96. The molecule has 192 valence electrons. The maximum atomic E-state index is 13.9. The van der Waals surface area contributed by atoms with Crippen molar-refractivity contribution in [3.63, 3.8) is 0 Å². The van der Waals surface area contributed by atoms with Crippen LogP contribution in [0.15, 0.2) is 29.0 Å². The molecule has 0 aromatic heterocycles. The second-order valence-electron chi connectivity index (χ2n) is 9.46. The van der Waals surface area contributed by atoms with Crippen LogP contribution in [0.2, 0.25) is 0 Å². The van der Waals surface area contributed by atoms with Crippen molar-refractivity contribution in [2.45, 2.75) is 30.6 Å². The van der Waals surface area contributed by atoms with E-state index < -0.39 is 81.4 Å². The van der Waals surface area contributed by atoms with Crippen molar-refractivity contribution in [1.82, 2.24) is 4.90 Å². The number of aromatic hydroxyl groups is 1. The molecular formula is C23H26N4O8S. The van der Waals surface area contributed by atoms with Crippen molar-refractivity contribution in [3.8, 4) is 5.75 Å². The van der Waals surface area contributed by atoms with Gasteiger partial charge in [0, 0.05) is 11.5 Å². The molecule has 0 saturated heterocycles. The van der Waals surface area contributed by atoms with Crippen molar-refractivity contribution >= 4 is 46.3 Å². The SMILES string of the molecule is C[C@H]1c2ccc(NC(N)=S)c(O)c2C(O)=C2C(=O)[C@]3(O)C(O)=C(C(N)=O)C(=O)[C@@H](N(C)C)C3C(O)C21. The van der Waals surface area contributed by atoms with Gasteiger partial charge in [0.15, 0.2) is 16.5 Å². The van der Waals surface area contributed by atoms with Crippen LogP contribution < -0.4 is 16.8 Å². The number of likely N-dealkylation sites (N-methyl/N-ethyl adjacent to an activating group) is 1. The summed E-state index contributed by atoms with van der Waals surface area (Å²) < 4.78 is 0. The van der Waals surface area contributed by atoms with E-state index in [-0.39, 0.29) is 16.4 Å². The number of phenolic OH excluding ortho intramolecular Hbond substituents is 1. The van der Waals surface area contributed by atoms with E-state index in [2.05, 4.69) is 5.32 Å². The summed E-state index contributed by atoms with van der Waals surface area (Å²) in [5.74, 6) is -9.55. The molecule has 0 aliphatic heterocycles. The fourth-order valence-electron chi connectivity index (χ4n) is 5.85. The summed E-state index contributed by atoms with van der Waals surface area (Å²) in [7, 11) is 2.88. The quantitative estimate of drug-likeness (QED) is 0.139. The van der Waals surface area contributed by atoms with E-state index in [1.54, 1.807) is 13.0 Å². The molecule has 1 fully saturated rings. The average molecular weight is 519 g/mol. The Bertz CT molecular complexity index is 1310. The number of nitrogens with one attached hydrogen (secondary N) is 1. The van der Waals surface area contributed by atoms with Gasteiger partial charge < -0.3 is 42.3 Å². The lowest BCUT2D eigenvalue weighted by molar-refractivity contribution is -0.169. The number of phenols is 1. The molecule has 0 heterocycles. The number of primary amides is 1. The van der Waals surface area contributed by atoms with Gasteiger partial charge >= 0.3 is 0 Å². The normalized spacial score (nSPS) is 31.7. The number of fused-ring (bicyclic) bond motifs is 3.